The molecule has 2 aromatic carbocycles. The molecular formula is C22H26NO3. The lowest BCUT2D eigenvalue weighted by Crippen LogP contribution is -2.42. The summed E-state index contributed by atoms with van der Waals surface area (Å²) in [4.78, 5) is 12.4. The Kier molecular flexibility index (Phi) is 5.17. The summed E-state index contributed by atoms with van der Waals surface area (Å²) in [6.45, 7) is 9.75. The van der Waals surface area contributed by atoms with Crippen molar-refractivity contribution in [2.45, 2.75) is 38.5 Å². The molecule has 2 unspecified atom stereocenters. The number of hydrogen-bond acceptors (Lipinski definition) is 4. The summed E-state index contributed by atoms with van der Waals surface area (Å²) in [6, 6.07) is 16.5. The normalized spacial score (nSPS) is 15.9. The summed E-state index contributed by atoms with van der Waals surface area (Å²) in [6.07, 6.45) is -0.800. The molecule has 0 saturated heterocycles. The fourth-order valence-corrected chi connectivity index (χ4v) is 3.34. The third-order valence-corrected chi connectivity index (χ3v) is 4.54. The number of esters is 1. The summed E-state index contributed by atoms with van der Waals surface area (Å²) in [5, 5.41) is 0. The van der Waals surface area contributed by atoms with Gasteiger partial charge < -0.3 is 15.2 Å². The standard InChI is InChI=1S/C22H26NO3/c1-14(20(23)26-22(2,3)4)21(24)25-13-19-17-11-7-5-9-15(17)16-10-6-8-12-18(16)19/h5-12,14,19-20H,1,13,23H2,2-4H3. The molecule has 2 atom stereocenters. The first-order valence-electron chi connectivity index (χ1n) is 8.89. The molecule has 0 fully saturated rings. The van der Waals surface area contributed by atoms with E-state index in [-0.39, 0.29) is 12.5 Å². The molecule has 1 aliphatic carbocycles. The molecule has 0 amide bonds. The Labute approximate surface area is 155 Å². The monoisotopic (exact) mass is 352 g/mol. The number of fused-ring (bicyclic) bond motifs is 3. The number of carbonyl (C=O) groups is 1. The van der Waals surface area contributed by atoms with E-state index in [4.69, 9.17) is 15.2 Å². The zero-order valence-electron chi connectivity index (χ0n) is 15.6. The lowest BCUT2D eigenvalue weighted by molar-refractivity contribution is -0.156. The van der Waals surface area contributed by atoms with Gasteiger partial charge >= 0.3 is 5.97 Å². The van der Waals surface area contributed by atoms with Gasteiger partial charge in [-0.3, -0.25) is 4.79 Å². The van der Waals surface area contributed by atoms with Crippen LogP contribution in [-0.2, 0) is 14.3 Å². The Morgan fingerprint density at radius 2 is 1.58 bits per heavy atom. The van der Waals surface area contributed by atoms with Gasteiger partial charge in [0.25, 0.3) is 0 Å². The molecule has 2 aromatic rings. The second kappa shape index (κ2) is 7.22. The van der Waals surface area contributed by atoms with Crippen molar-refractivity contribution < 1.29 is 14.3 Å². The maximum Gasteiger partial charge on any atom is 0.313 e. The molecule has 0 aliphatic heterocycles. The number of hydrogen-bond donors (Lipinski definition) is 1. The van der Waals surface area contributed by atoms with E-state index >= 15 is 0 Å². The van der Waals surface area contributed by atoms with Crippen molar-refractivity contribution in [1.29, 1.82) is 0 Å². The molecule has 4 heteroatoms. The predicted octanol–water partition coefficient (Wildman–Crippen LogP) is 3.89. The van der Waals surface area contributed by atoms with Gasteiger partial charge in [0.1, 0.15) is 12.8 Å². The average molecular weight is 352 g/mol. The Morgan fingerprint density at radius 1 is 1.08 bits per heavy atom. The van der Waals surface area contributed by atoms with Crippen LogP contribution in [0.25, 0.3) is 11.1 Å². The van der Waals surface area contributed by atoms with Gasteiger partial charge in [-0.25, -0.2) is 0 Å². The fraction of sp³-hybridized carbons (Fsp3) is 0.364. The Bertz CT molecular complexity index is 748. The first-order chi connectivity index (χ1) is 12.3. The van der Waals surface area contributed by atoms with Gasteiger partial charge in [-0.2, -0.15) is 0 Å². The lowest BCUT2D eigenvalue weighted by Gasteiger charge is -2.28. The van der Waals surface area contributed by atoms with E-state index in [0.717, 1.165) is 0 Å². The highest BCUT2D eigenvalue weighted by atomic mass is 16.5. The molecule has 0 heterocycles. The lowest BCUT2D eigenvalue weighted by atomic mass is 9.98. The number of rotatable bonds is 5. The van der Waals surface area contributed by atoms with Crippen LogP contribution in [0.2, 0.25) is 0 Å². The van der Waals surface area contributed by atoms with Gasteiger partial charge in [-0.05, 0) is 49.9 Å². The van der Waals surface area contributed by atoms with Gasteiger partial charge in [-0.1, -0.05) is 48.5 Å². The molecule has 2 N–H and O–H groups in total. The van der Waals surface area contributed by atoms with E-state index in [9.17, 15) is 4.79 Å². The molecule has 137 valence electrons. The van der Waals surface area contributed by atoms with Gasteiger partial charge in [0.15, 0.2) is 0 Å². The summed E-state index contributed by atoms with van der Waals surface area (Å²) < 4.78 is 11.2. The van der Waals surface area contributed by atoms with Crippen molar-refractivity contribution in [3.8, 4) is 11.1 Å². The van der Waals surface area contributed by atoms with E-state index in [1.54, 1.807) is 0 Å². The van der Waals surface area contributed by atoms with Crippen molar-refractivity contribution in [1.82, 2.24) is 0 Å². The second-order valence-electron chi connectivity index (χ2n) is 7.66. The first kappa shape index (κ1) is 18.6. The molecular weight excluding hydrogens is 326 g/mol. The molecule has 0 spiro atoms. The Morgan fingerprint density at radius 3 is 2.08 bits per heavy atom. The van der Waals surface area contributed by atoms with Crippen molar-refractivity contribution in [2.75, 3.05) is 6.61 Å². The van der Waals surface area contributed by atoms with E-state index in [1.165, 1.54) is 22.3 Å². The highest BCUT2D eigenvalue weighted by molar-refractivity contribution is 5.79. The minimum absolute atomic E-state index is 0.0262. The smallest absolute Gasteiger partial charge is 0.313 e. The van der Waals surface area contributed by atoms with Crippen LogP contribution in [-0.4, -0.2) is 24.4 Å². The highest BCUT2D eigenvalue weighted by Crippen LogP contribution is 2.44. The molecule has 4 nitrogen and oxygen atoms in total. The molecule has 1 radical (unpaired) electrons. The van der Waals surface area contributed by atoms with Crippen LogP contribution in [0.3, 0.4) is 0 Å². The maximum atomic E-state index is 12.4. The largest absolute Gasteiger partial charge is 0.464 e. The summed E-state index contributed by atoms with van der Waals surface area (Å²) >= 11 is 0. The predicted molar refractivity (Wildman–Crippen MR) is 102 cm³/mol. The van der Waals surface area contributed by atoms with E-state index in [2.05, 4.69) is 31.2 Å². The summed E-state index contributed by atoms with van der Waals surface area (Å²) in [7, 11) is 0. The van der Waals surface area contributed by atoms with Crippen molar-refractivity contribution in [3.63, 3.8) is 0 Å². The van der Waals surface area contributed by atoms with Crippen LogP contribution in [0, 0.1) is 12.8 Å². The Balaban J connectivity index is 1.71. The third kappa shape index (κ3) is 3.81. The topological polar surface area (TPSA) is 61.5 Å². The minimum Gasteiger partial charge on any atom is -0.464 e. The minimum atomic E-state index is -0.800. The van der Waals surface area contributed by atoms with Crippen molar-refractivity contribution >= 4 is 5.97 Å². The SMILES string of the molecule is [CH2]C(C(=O)OCC1c2ccccc2-c2ccccc21)C(N)OC(C)(C)C. The van der Waals surface area contributed by atoms with Crippen LogP contribution in [0.5, 0.6) is 0 Å². The number of nitrogens with two attached hydrogens (primary N) is 1. The van der Waals surface area contributed by atoms with Gasteiger partial charge in [0, 0.05) is 5.92 Å². The van der Waals surface area contributed by atoms with Crippen LogP contribution >= 0.6 is 0 Å². The molecule has 26 heavy (non-hydrogen) atoms. The van der Waals surface area contributed by atoms with E-state index < -0.39 is 23.7 Å². The average Bonchev–Trinajstić information content (AvgIpc) is 2.91. The molecule has 0 bridgehead atoms. The van der Waals surface area contributed by atoms with Crippen LogP contribution in [0.1, 0.15) is 37.8 Å². The van der Waals surface area contributed by atoms with E-state index in [0.29, 0.717) is 0 Å². The van der Waals surface area contributed by atoms with Crippen molar-refractivity contribution in [2.24, 2.45) is 11.7 Å². The quantitative estimate of drug-likeness (QED) is 0.655. The van der Waals surface area contributed by atoms with Gasteiger partial charge in [-0.15, -0.1) is 0 Å². The Hall–Kier alpha value is -2.17. The summed E-state index contributed by atoms with van der Waals surface area (Å²) in [5.74, 6) is -1.19. The van der Waals surface area contributed by atoms with E-state index in [1.807, 2.05) is 45.0 Å². The zero-order chi connectivity index (χ0) is 18.9. The molecule has 0 aromatic heterocycles. The highest BCUT2D eigenvalue weighted by Gasteiger charge is 2.31. The number of benzene rings is 2. The van der Waals surface area contributed by atoms with Crippen LogP contribution < -0.4 is 5.73 Å². The van der Waals surface area contributed by atoms with Gasteiger partial charge in [0.2, 0.25) is 0 Å². The van der Waals surface area contributed by atoms with Crippen molar-refractivity contribution in [3.05, 3.63) is 66.6 Å². The molecule has 0 saturated carbocycles. The summed E-state index contributed by atoms with van der Waals surface area (Å²) in [5.41, 5.74) is 10.3. The van der Waals surface area contributed by atoms with Crippen LogP contribution in [0.15, 0.2) is 48.5 Å². The third-order valence-electron chi connectivity index (χ3n) is 4.54. The van der Waals surface area contributed by atoms with Crippen LogP contribution in [0.4, 0.5) is 0 Å². The molecule has 3 rings (SSSR count). The maximum absolute atomic E-state index is 12.4. The second-order valence-corrected chi connectivity index (χ2v) is 7.66. The fourth-order valence-electron chi connectivity index (χ4n) is 3.34. The van der Waals surface area contributed by atoms with Gasteiger partial charge in [0.05, 0.1) is 11.5 Å². The number of ether oxygens (including phenoxy) is 2. The number of carbonyl (C=O) groups excluding carboxylic acids is 1. The zero-order valence-corrected chi connectivity index (χ0v) is 15.6. The molecule has 1 aliphatic rings. The first-order valence-corrected chi connectivity index (χ1v) is 8.89.